The van der Waals surface area contributed by atoms with Crippen LogP contribution in [0.25, 0.3) is 0 Å². The van der Waals surface area contributed by atoms with Crippen LogP contribution >= 0.6 is 0 Å². The van der Waals surface area contributed by atoms with Gasteiger partial charge in [-0.2, -0.15) is 0 Å². The first-order valence-electron chi connectivity index (χ1n) is 13.9. The van der Waals surface area contributed by atoms with E-state index in [-0.39, 0.29) is 29.8 Å². The number of carbonyl (C=O) groups excluding carboxylic acids is 3. The molecule has 4 fully saturated rings. The quantitative estimate of drug-likeness (QED) is 0.598. The first-order valence-corrected chi connectivity index (χ1v) is 13.9. The van der Waals surface area contributed by atoms with Gasteiger partial charge in [-0.25, -0.2) is 0 Å². The first kappa shape index (κ1) is 23.7. The molecule has 6 rings (SSSR count). The number of fused-ring (bicyclic) bond motifs is 1. The fourth-order valence-corrected chi connectivity index (χ4v) is 7.29. The van der Waals surface area contributed by atoms with E-state index < -0.39 is 29.6 Å². The molecular formula is C29H37N3O4. The number of amides is 3. The fraction of sp³-hybridized carbons (Fsp3) is 0.621. The van der Waals surface area contributed by atoms with Crippen molar-refractivity contribution in [3.8, 4) is 0 Å². The second-order valence-electron chi connectivity index (χ2n) is 11.3. The van der Waals surface area contributed by atoms with Crippen LogP contribution in [0.15, 0.2) is 42.5 Å². The molecule has 36 heavy (non-hydrogen) atoms. The molecule has 7 nitrogen and oxygen atoms in total. The maximum Gasteiger partial charge on any atom is 0.246 e. The molecule has 1 spiro atoms. The Bertz CT molecular complexity index is 1030. The van der Waals surface area contributed by atoms with Crippen molar-refractivity contribution in [2.24, 2.45) is 11.8 Å². The Hall–Kier alpha value is -2.67. The second kappa shape index (κ2) is 9.66. The van der Waals surface area contributed by atoms with Gasteiger partial charge < -0.3 is 20.3 Å². The number of benzene rings is 1. The number of hydrogen-bond donors (Lipinski definition) is 2. The van der Waals surface area contributed by atoms with Crippen molar-refractivity contribution in [2.45, 2.75) is 101 Å². The Kier molecular flexibility index (Phi) is 6.36. The number of rotatable bonds is 6. The summed E-state index contributed by atoms with van der Waals surface area (Å²) in [5, 5.41) is 6.48. The average molecular weight is 492 g/mol. The van der Waals surface area contributed by atoms with E-state index >= 15 is 0 Å². The zero-order chi connectivity index (χ0) is 24.7. The van der Waals surface area contributed by atoms with E-state index in [0.717, 1.165) is 56.9 Å². The maximum absolute atomic E-state index is 14.0. The summed E-state index contributed by atoms with van der Waals surface area (Å²) in [7, 11) is 0. The van der Waals surface area contributed by atoms with E-state index in [2.05, 4.69) is 10.6 Å². The van der Waals surface area contributed by atoms with Gasteiger partial charge in [-0.3, -0.25) is 14.4 Å². The number of ether oxygens (including phenoxy) is 1. The zero-order valence-corrected chi connectivity index (χ0v) is 20.9. The summed E-state index contributed by atoms with van der Waals surface area (Å²) in [5.74, 6) is -1.70. The summed E-state index contributed by atoms with van der Waals surface area (Å²) in [6, 6.07) is 9.26. The molecule has 2 aliphatic carbocycles. The molecule has 5 aliphatic rings. The van der Waals surface area contributed by atoms with E-state index in [1.165, 1.54) is 12.8 Å². The lowest BCUT2D eigenvalue weighted by molar-refractivity contribution is -0.142. The lowest BCUT2D eigenvalue weighted by Gasteiger charge is -2.34. The number of hydrogen-bond acceptors (Lipinski definition) is 4. The summed E-state index contributed by atoms with van der Waals surface area (Å²) < 4.78 is 6.47. The SMILES string of the molecule is O=C(NC1CCCCC1)[C@H]1[C@H]2C=C[C@]3(O2)[C@H]1C(=O)N(Cc1ccccc1)[C@@H]3C(=O)NC1CCCCC1. The highest BCUT2D eigenvalue weighted by Gasteiger charge is 2.72. The average Bonchev–Trinajstić information content (AvgIpc) is 3.53. The van der Waals surface area contributed by atoms with Crippen molar-refractivity contribution in [2.75, 3.05) is 0 Å². The third kappa shape index (κ3) is 4.05. The molecule has 1 aromatic carbocycles. The molecule has 3 aliphatic heterocycles. The van der Waals surface area contributed by atoms with Crippen LogP contribution in [0, 0.1) is 11.8 Å². The summed E-state index contributed by atoms with van der Waals surface area (Å²) in [4.78, 5) is 43.1. The van der Waals surface area contributed by atoms with Gasteiger partial charge >= 0.3 is 0 Å². The molecule has 2 bridgehead atoms. The summed E-state index contributed by atoms with van der Waals surface area (Å²) in [6.45, 7) is 0.319. The molecule has 3 amide bonds. The van der Waals surface area contributed by atoms with Crippen LogP contribution in [-0.2, 0) is 25.7 Å². The minimum atomic E-state index is -1.09. The van der Waals surface area contributed by atoms with Crippen molar-refractivity contribution in [1.29, 1.82) is 0 Å². The predicted molar refractivity (Wildman–Crippen MR) is 135 cm³/mol. The van der Waals surface area contributed by atoms with Gasteiger partial charge in [0, 0.05) is 18.6 Å². The molecule has 2 saturated carbocycles. The van der Waals surface area contributed by atoms with Crippen molar-refractivity contribution < 1.29 is 19.1 Å². The molecule has 1 aromatic rings. The summed E-state index contributed by atoms with van der Waals surface area (Å²) in [6.07, 6.45) is 14.1. The third-order valence-corrected chi connectivity index (χ3v) is 9.02. The third-order valence-electron chi connectivity index (χ3n) is 9.02. The van der Waals surface area contributed by atoms with Gasteiger partial charge in [0.25, 0.3) is 0 Å². The normalized spacial score (nSPS) is 34.1. The Labute approximate surface area is 213 Å². The molecule has 5 atom stereocenters. The van der Waals surface area contributed by atoms with Gasteiger partial charge in [0.05, 0.1) is 17.9 Å². The van der Waals surface area contributed by atoms with Gasteiger partial charge in [0.2, 0.25) is 17.7 Å². The Balaban J connectivity index is 1.30. The summed E-state index contributed by atoms with van der Waals surface area (Å²) in [5.41, 5.74) is -0.136. The van der Waals surface area contributed by atoms with Crippen molar-refractivity contribution in [3.05, 3.63) is 48.0 Å². The number of carbonyl (C=O) groups is 3. The van der Waals surface area contributed by atoms with Crippen LogP contribution in [0.4, 0.5) is 0 Å². The molecule has 7 heteroatoms. The van der Waals surface area contributed by atoms with Crippen molar-refractivity contribution >= 4 is 17.7 Å². The van der Waals surface area contributed by atoms with E-state index in [9.17, 15) is 14.4 Å². The standard InChI is InChI=1S/C29H37N3O4/c33-26(30-20-12-6-2-7-13-20)23-22-16-17-29(36-22)24(23)28(35)32(18-19-10-4-1-5-11-19)25(29)27(34)31-21-14-8-3-9-15-21/h1,4-5,10-11,16-17,20-25H,2-3,6-9,12-15,18H2,(H,30,33)(H,31,34)/t22-,23+,24-,25-,29+/m1/s1. The second-order valence-corrected chi connectivity index (χ2v) is 11.3. The topological polar surface area (TPSA) is 87.7 Å². The maximum atomic E-state index is 14.0. The molecule has 2 saturated heterocycles. The van der Waals surface area contributed by atoms with E-state index in [1.807, 2.05) is 42.5 Å². The molecule has 0 unspecified atom stereocenters. The van der Waals surface area contributed by atoms with Crippen molar-refractivity contribution in [1.82, 2.24) is 15.5 Å². The van der Waals surface area contributed by atoms with Crippen LogP contribution in [0.2, 0.25) is 0 Å². The molecule has 3 heterocycles. The van der Waals surface area contributed by atoms with Gasteiger partial charge in [0.1, 0.15) is 11.6 Å². The Morgan fingerprint density at radius 2 is 1.50 bits per heavy atom. The predicted octanol–water partition coefficient (Wildman–Crippen LogP) is 3.24. The number of nitrogens with zero attached hydrogens (tertiary/aromatic N) is 1. The molecule has 192 valence electrons. The highest BCUT2D eigenvalue weighted by Crippen LogP contribution is 2.55. The minimum Gasteiger partial charge on any atom is -0.359 e. The largest absolute Gasteiger partial charge is 0.359 e. The molecule has 0 aromatic heterocycles. The van der Waals surface area contributed by atoms with Crippen molar-refractivity contribution in [3.63, 3.8) is 0 Å². The van der Waals surface area contributed by atoms with Crippen LogP contribution in [0.3, 0.4) is 0 Å². The Morgan fingerprint density at radius 3 is 2.14 bits per heavy atom. The molecular weight excluding hydrogens is 454 g/mol. The number of likely N-dealkylation sites (tertiary alicyclic amines) is 1. The van der Waals surface area contributed by atoms with Gasteiger partial charge in [-0.15, -0.1) is 0 Å². The lowest BCUT2D eigenvalue weighted by Crippen LogP contribution is -2.56. The van der Waals surface area contributed by atoms with E-state index in [4.69, 9.17) is 4.74 Å². The summed E-state index contributed by atoms with van der Waals surface area (Å²) >= 11 is 0. The van der Waals surface area contributed by atoms with Crippen LogP contribution < -0.4 is 10.6 Å². The molecule has 2 N–H and O–H groups in total. The van der Waals surface area contributed by atoms with Crippen LogP contribution in [0.5, 0.6) is 0 Å². The zero-order valence-electron chi connectivity index (χ0n) is 20.9. The highest BCUT2D eigenvalue weighted by molar-refractivity contribution is 6.00. The smallest absolute Gasteiger partial charge is 0.246 e. The van der Waals surface area contributed by atoms with Crippen LogP contribution in [0.1, 0.15) is 69.8 Å². The molecule has 0 radical (unpaired) electrons. The highest BCUT2D eigenvalue weighted by atomic mass is 16.5. The van der Waals surface area contributed by atoms with Gasteiger partial charge in [0.15, 0.2) is 0 Å². The van der Waals surface area contributed by atoms with Gasteiger partial charge in [-0.1, -0.05) is 81.0 Å². The van der Waals surface area contributed by atoms with Crippen LogP contribution in [-0.4, -0.2) is 52.5 Å². The van der Waals surface area contributed by atoms with E-state index in [1.54, 1.807) is 4.90 Å². The van der Waals surface area contributed by atoms with E-state index in [0.29, 0.717) is 6.54 Å². The monoisotopic (exact) mass is 491 g/mol. The van der Waals surface area contributed by atoms with Gasteiger partial charge in [-0.05, 0) is 31.2 Å². The fourth-order valence-electron chi connectivity index (χ4n) is 7.29. The Morgan fingerprint density at radius 1 is 0.889 bits per heavy atom. The minimum absolute atomic E-state index is 0.107. The lowest BCUT2D eigenvalue weighted by atomic mass is 9.74. The number of nitrogens with one attached hydrogen (secondary N) is 2. The first-order chi connectivity index (χ1) is 17.6.